The SMILES string of the molecule is CS(=O)(=O)CS(=O)(=O)NC(C(=N)N)C1CC1. The lowest BCUT2D eigenvalue weighted by Gasteiger charge is -2.16. The predicted octanol–water partition coefficient (Wildman–Crippen LogP) is -1.38. The molecule has 0 saturated heterocycles. The number of rotatable bonds is 6. The van der Waals surface area contributed by atoms with Crippen LogP contribution < -0.4 is 10.5 Å². The van der Waals surface area contributed by atoms with Crippen LogP contribution in [0.1, 0.15) is 12.8 Å². The van der Waals surface area contributed by atoms with Gasteiger partial charge in [-0.1, -0.05) is 0 Å². The summed E-state index contributed by atoms with van der Waals surface area (Å²) in [7, 11) is -7.57. The van der Waals surface area contributed by atoms with Gasteiger partial charge in [0.15, 0.2) is 14.9 Å². The van der Waals surface area contributed by atoms with Gasteiger partial charge in [0.1, 0.15) is 5.84 Å². The van der Waals surface area contributed by atoms with Crippen LogP contribution in [0.3, 0.4) is 0 Å². The number of nitrogens with one attached hydrogen (secondary N) is 2. The molecule has 0 aromatic carbocycles. The van der Waals surface area contributed by atoms with Crippen molar-refractivity contribution in [1.29, 1.82) is 5.41 Å². The zero-order valence-corrected chi connectivity index (χ0v) is 10.4. The summed E-state index contributed by atoms with van der Waals surface area (Å²) in [6.07, 6.45) is 2.43. The summed E-state index contributed by atoms with van der Waals surface area (Å²) >= 11 is 0. The summed E-state index contributed by atoms with van der Waals surface area (Å²) in [5, 5.41) is 6.26. The highest BCUT2D eigenvalue weighted by Crippen LogP contribution is 2.32. The van der Waals surface area contributed by atoms with Gasteiger partial charge in [0.25, 0.3) is 0 Å². The molecule has 1 aliphatic rings. The first kappa shape index (κ1) is 13.4. The van der Waals surface area contributed by atoms with Crippen molar-refractivity contribution in [3.8, 4) is 0 Å². The Hall–Kier alpha value is -0.670. The molecular weight excluding hydrogens is 254 g/mol. The number of sulfonamides is 1. The van der Waals surface area contributed by atoms with Crippen molar-refractivity contribution in [3.05, 3.63) is 0 Å². The van der Waals surface area contributed by atoms with Crippen molar-refractivity contribution >= 4 is 25.7 Å². The maximum absolute atomic E-state index is 11.5. The lowest BCUT2D eigenvalue weighted by atomic mass is 10.2. The average molecular weight is 269 g/mol. The summed E-state index contributed by atoms with van der Waals surface area (Å²) in [6.45, 7) is 0. The van der Waals surface area contributed by atoms with E-state index in [9.17, 15) is 16.8 Å². The molecule has 1 aliphatic carbocycles. The van der Waals surface area contributed by atoms with Crippen molar-refractivity contribution in [2.75, 3.05) is 11.3 Å². The normalized spacial score (nSPS) is 19.3. The van der Waals surface area contributed by atoms with Crippen LogP contribution in [0.2, 0.25) is 0 Å². The van der Waals surface area contributed by atoms with E-state index in [0.29, 0.717) is 0 Å². The number of nitrogens with two attached hydrogens (primary N) is 1. The van der Waals surface area contributed by atoms with E-state index >= 15 is 0 Å². The second kappa shape index (κ2) is 4.30. The number of hydrogen-bond donors (Lipinski definition) is 3. The first-order valence-electron chi connectivity index (χ1n) is 4.62. The standard InChI is InChI=1S/C7H15N3O4S2/c1-15(11,12)4-16(13,14)10-6(7(8)9)5-2-3-5/h5-6,10H,2-4H2,1H3,(H3,8,9). The number of amidine groups is 1. The van der Waals surface area contributed by atoms with Gasteiger partial charge < -0.3 is 5.73 Å². The fourth-order valence-electron chi connectivity index (χ4n) is 1.35. The maximum Gasteiger partial charge on any atom is 0.226 e. The highest BCUT2D eigenvalue weighted by Gasteiger charge is 2.36. The number of sulfone groups is 1. The molecule has 1 saturated carbocycles. The van der Waals surface area contributed by atoms with Gasteiger partial charge >= 0.3 is 0 Å². The first-order chi connectivity index (χ1) is 7.11. The molecule has 0 aromatic heterocycles. The van der Waals surface area contributed by atoms with Gasteiger partial charge in [-0.05, 0) is 18.8 Å². The Labute approximate surface area is 94.9 Å². The van der Waals surface area contributed by atoms with E-state index in [0.717, 1.165) is 19.1 Å². The highest BCUT2D eigenvalue weighted by atomic mass is 32.3. The molecule has 0 aromatic rings. The Balaban J connectivity index is 2.74. The lowest BCUT2D eigenvalue weighted by molar-refractivity contribution is 0.564. The summed E-state index contributed by atoms with van der Waals surface area (Å²) in [4.78, 5) is 0. The van der Waals surface area contributed by atoms with E-state index in [4.69, 9.17) is 11.1 Å². The molecule has 0 radical (unpaired) electrons. The van der Waals surface area contributed by atoms with Crippen molar-refractivity contribution < 1.29 is 16.8 Å². The maximum atomic E-state index is 11.5. The summed E-state index contributed by atoms with van der Waals surface area (Å²) in [5.74, 6) is -0.258. The second-order valence-corrected chi connectivity index (χ2v) is 8.31. The van der Waals surface area contributed by atoms with Crippen LogP contribution in [0.4, 0.5) is 0 Å². The number of hydrogen-bond acceptors (Lipinski definition) is 5. The van der Waals surface area contributed by atoms with Gasteiger partial charge in [-0.3, -0.25) is 5.41 Å². The van der Waals surface area contributed by atoms with Crippen LogP contribution in [-0.2, 0) is 19.9 Å². The zero-order chi connectivity index (χ0) is 12.6. The Morgan fingerprint density at radius 3 is 2.25 bits per heavy atom. The molecule has 1 rings (SSSR count). The second-order valence-electron chi connectivity index (χ2n) is 4.05. The van der Waals surface area contributed by atoms with Crippen LogP contribution in [0.25, 0.3) is 0 Å². The van der Waals surface area contributed by atoms with Gasteiger partial charge in [0.2, 0.25) is 10.0 Å². The first-order valence-corrected chi connectivity index (χ1v) is 8.34. The van der Waals surface area contributed by atoms with E-state index in [1.165, 1.54) is 0 Å². The van der Waals surface area contributed by atoms with Crippen LogP contribution in [0.5, 0.6) is 0 Å². The van der Waals surface area contributed by atoms with E-state index in [1.807, 2.05) is 0 Å². The zero-order valence-electron chi connectivity index (χ0n) is 8.80. The highest BCUT2D eigenvalue weighted by molar-refractivity contribution is 8.06. The Bertz CT molecular complexity index is 478. The molecule has 16 heavy (non-hydrogen) atoms. The third kappa shape index (κ3) is 4.45. The summed E-state index contributed by atoms with van der Waals surface area (Å²) in [5.41, 5.74) is 5.26. The van der Waals surface area contributed by atoms with Crippen LogP contribution >= 0.6 is 0 Å². The molecule has 0 aliphatic heterocycles. The van der Waals surface area contributed by atoms with Crippen molar-refractivity contribution in [3.63, 3.8) is 0 Å². The molecule has 1 unspecified atom stereocenters. The third-order valence-electron chi connectivity index (χ3n) is 2.10. The fourth-order valence-corrected chi connectivity index (χ4v) is 4.59. The molecule has 94 valence electrons. The predicted molar refractivity (Wildman–Crippen MR) is 60.2 cm³/mol. The molecular formula is C7H15N3O4S2. The van der Waals surface area contributed by atoms with Crippen LogP contribution in [-0.4, -0.2) is 40.1 Å². The van der Waals surface area contributed by atoms with Gasteiger partial charge in [-0.25, -0.2) is 21.6 Å². The molecule has 1 atom stereocenters. The Morgan fingerprint density at radius 1 is 1.44 bits per heavy atom. The molecule has 7 nitrogen and oxygen atoms in total. The molecule has 1 fully saturated rings. The molecule has 0 heterocycles. The topological polar surface area (TPSA) is 130 Å². The average Bonchev–Trinajstić information content (AvgIpc) is 2.76. The molecule has 0 bridgehead atoms. The summed E-state index contributed by atoms with van der Waals surface area (Å²) in [6, 6.07) is -0.772. The van der Waals surface area contributed by atoms with E-state index in [2.05, 4.69) is 4.72 Å². The van der Waals surface area contributed by atoms with Gasteiger partial charge in [0.05, 0.1) is 6.04 Å². The summed E-state index contributed by atoms with van der Waals surface area (Å²) < 4.78 is 46.8. The van der Waals surface area contributed by atoms with Crippen molar-refractivity contribution in [2.45, 2.75) is 18.9 Å². The Kier molecular flexibility index (Phi) is 3.60. The quantitative estimate of drug-likeness (QED) is 0.404. The van der Waals surface area contributed by atoms with Crippen molar-refractivity contribution in [1.82, 2.24) is 4.72 Å². The van der Waals surface area contributed by atoms with E-state index in [-0.39, 0.29) is 11.8 Å². The van der Waals surface area contributed by atoms with Gasteiger partial charge in [0, 0.05) is 6.26 Å². The third-order valence-corrected chi connectivity index (χ3v) is 5.67. The lowest BCUT2D eigenvalue weighted by Crippen LogP contribution is -2.47. The molecule has 4 N–H and O–H groups in total. The minimum Gasteiger partial charge on any atom is -0.386 e. The largest absolute Gasteiger partial charge is 0.386 e. The van der Waals surface area contributed by atoms with Crippen LogP contribution in [0, 0.1) is 11.3 Å². The van der Waals surface area contributed by atoms with E-state index in [1.54, 1.807) is 0 Å². The van der Waals surface area contributed by atoms with Gasteiger partial charge in [-0.2, -0.15) is 0 Å². The van der Waals surface area contributed by atoms with Crippen LogP contribution in [0.15, 0.2) is 0 Å². The fraction of sp³-hybridized carbons (Fsp3) is 0.857. The molecule has 0 amide bonds. The molecule has 0 spiro atoms. The monoisotopic (exact) mass is 269 g/mol. The molecule has 9 heteroatoms. The van der Waals surface area contributed by atoms with Crippen molar-refractivity contribution in [2.24, 2.45) is 11.7 Å². The van der Waals surface area contributed by atoms with Gasteiger partial charge in [-0.15, -0.1) is 0 Å². The minimum atomic E-state index is -3.95. The van der Waals surface area contributed by atoms with E-state index < -0.39 is 31.0 Å². The minimum absolute atomic E-state index is 0.0202. The smallest absolute Gasteiger partial charge is 0.226 e. The Morgan fingerprint density at radius 2 is 1.94 bits per heavy atom.